The Kier molecular flexibility index (Phi) is 5.40. The molecule has 1 aliphatic carbocycles. The monoisotopic (exact) mass is 375 g/mol. The first kappa shape index (κ1) is 16.5. The molecule has 0 atom stereocenters. The first-order valence-electron chi connectivity index (χ1n) is 6.78. The van der Waals surface area contributed by atoms with Gasteiger partial charge in [0.05, 0.1) is 17.9 Å². The first-order valence-corrected chi connectivity index (χ1v) is 9.05. The minimum atomic E-state index is -3.51. The van der Waals surface area contributed by atoms with Crippen molar-refractivity contribution in [2.45, 2.75) is 36.6 Å². The van der Waals surface area contributed by atoms with E-state index in [1.54, 1.807) is 24.3 Å². The largest absolute Gasteiger partial charge is 0.469 e. The first-order chi connectivity index (χ1) is 9.92. The molecule has 116 valence electrons. The van der Waals surface area contributed by atoms with Crippen LogP contribution in [0, 0.1) is 5.92 Å². The second-order valence-corrected chi connectivity index (χ2v) is 7.78. The molecule has 1 fully saturated rings. The maximum atomic E-state index is 12.3. The van der Waals surface area contributed by atoms with Crippen LogP contribution in [0.4, 0.5) is 0 Å². The molecule has 0 aromatic heterocycles. The fourth-order valence-corrected chi connectivity index (χ4v) is 4.08. The van der Waals surface area contributed by atoms with Gasteiger partial charge in [0, 0.05) is 10.5 Å². The van der Waals surface area contributed by atoms with Crippen LogP contribution in [0.5, 0.6) is 0 Å². The summed E-state index contributed by atoms with van der Waals surface area (Å²) >= 11 is 3.28. The Morgan fingerprint density at radius 1 is 1.19 bits per heavy atom. The molecule has 1 N–H and O–H groups in total. The van der Waals surface area contributed by atoms with Gasteiger partial charge in [-0.05, 0) is 49.9 Å². The van der Waals surface area contributed by atoms with E-state index in [0.717, 1.165) is 4.47 Å². The van der Waals surface area contributed by atoms with Gasteiger partial charge in [0.25, 0.3) is 0 Å². The molecule has 1 aromatic carbocycles. The molecule has 0 spiro atoms. The SMILES string of the molecule is COC(=O)[C@H]1CC[C@@H](NS(=O)(=O)c2ccc(Br)cc2)CC1. The fraction of sp³-hybridized carbons (Fsp3) is 0.500. The van der Waals surface area contributed by atoms with E-state index in [9.17, 15) is 13.2 Å². The van der Waals surface area contributed by atoms with Gasteiger partial charge in [0.15, 0.2) is 0 Å². The average Bonchev–Trinajstić information content (AvgIpc) is 2.47. The number of esters is 1. The number of sulfonamides is 1. The van der Waals surface area contributed by atoms with E-state index in [2.05, 4.69) is 20.7 Å². The molecule has 21 heavy (non-hydrogen) atoms. The molecule has 1 aromatic rings. The molecule has 1 aliphatic rings. The summed E-state index contributed by atoms with van der Waals surface area (Å²) in [5, 5.41) is 0. The Morgan fingerprint density at radius 3 is 2.29 bits per heavy atom. The van der Waals surface area contributed by atoms with Crippen LogP contribution in [0.2, 0.25) is 0 Å². The van der Waals surface area contributed by atoms with E-state index in [-0.39, 0.29) is 22.8 Å². The highest BCUT2D eigenvalue weighted by Crippen LogP contribution is 2.26. The molecule has 7 heteroatoms. The van der Waals surface area contributed by atoms with Crippen LogP contribution in [0.1, 0.15) is 25.7 Å². The zero-order valence-corrected chi connectivity index (χ0v) is 14.1. The second kappa shape index (κ2) is 6.89. The van der Waals surface area contributed by atoms with Gasteiger partial charge >= 0.3 is 5.97 Å². The third kappa shape index (κ3) is 4.28. The van der Waals surface area contributed by atoms with Gasteiger partial charge in [0.1, 0.15) is 0 Å². The van der Waals surface area contributed by atoms with Crippen molar-refractivity contribution >= 4 is 31.9 Å². The Morgan fingerprint density at radius 2 is 1.76 bits per heavy atom. The number of carbonyl (C=O) groups excluding carboxylic acids is 1. The van der Waals surface area contributed by atoms with E-state index >= 15 is 0 Å². The number of methoxy groups -OCH3 is 1. The summed E-state index contributed by atoms with van der Waals surface area (Å²) in [5.74, 6) is -0.312. The average molecular weight is 376 g/mol. The number of halogens is 1. The van der Waals surface area contributed by atoms with Crippen LogP contribution in [0.3, 0.4) is 0 Å². The number of nitrogens with one attached hydrogen (secondary N) is 1. The van der Waals surface area contributed by atoms with Gasteiger partial charge in [-0.25, -0.2) is 13.1 Å². The molecule has 5 nitrogen and oxygen atoms in total. The van der Waals surface area contributed by atoms with Crippen LogP contribution < -0.4 is 4.72 Å². The van der Waals surface area contributed by atoms with Crippen molar-refractivity contribution in [3.05, 3.63) is 28.7 Å². The predicted molar refractivity (Wildman–Crippen MR) is 82.2 cm³/mol. The molecule has 0 unspecified atom stereocenters. The minimum absolute atomic E-state index is 0.108. The van der Waals surface area contributed by atoms with Crippen LogP contribution in [-0.2, 0) is 19.6 Å². The smallest absolute Gasteiger partial charge is 0.308 e. The molecule has 1 saturated carbocycles. The number of carbonyl (C=O) groups is 1. The Bertz CT molecular complexity index is 592. The van der Waals surface area contributed by atoms with Crippen molar-refractivity contribution in [1.29, 1.82) is 0 Å². The third-order valence-corrected chi connectivity index (χ3v) is 5.77. The summed E-state index contributed by atoms with van der Waals surface area (Å²) in [6, 6.07) is 6.39. The minimum Gasteiger partial charge on any atom is -0.469 e. The number of hydrogen-bond acceptors (Lipinski definition) is 4. The lowest BCUT2D eigenvalue weighted by molar-refractivity contribution is -0.146. The number of hydrogen-bond donors (Lipinski definition) is 1. The van der Waals surface area contributed by atoms with E-state index in [0.29, 0.717) is 25.7 Å². The summed E-state index contributed by atoms with van der Waals surface area (Å²) in [5.41, 5.74) is 0. The Labute approximate surface area is 133 Å². The number of ether oxygens (including phenoxy) is 1. The van der Waals surface area contributed by atoms with Gasteiger partial charge in [0.2, 0.25) is 10.0 Å². The summed E-state index contributed by atoms with van der Waals surface area (Å²) in [7, 11) is -2.13. The topological polar surface area (TPSA) is 72.5 Å². The van der Waals surface area contributed by atoms with Crippen molar-refractivity contribution in [2.75, 3.05) is 7.11 Å². The van der Waals surface area contributed by atoms with Crippen molar-refractivity contribution < 1.29 is 17.9 Å². The normalized spacial score (nSPS) is 22.8. The third-order valence-electron chi connectivity index (χ3n) is 3.71. The molecule has 0 radical (unpaired) electrons. The molecular formula is C14H18BrNO4S. The molecule has 0 aliphatic heterocycles. The van der Waals surface area contributed by atoms with E-state index in [1.165, 1.54) is 7.11 Å². The van der Waals surface area contributed by atoms with Gasteiger partial charge in [-0.1, -0.05) is 15.9 Å². The van der Waals surface area contributed by atoms with Crippen molar-refractivity contribution in [3.63, 3.8) is 0 Å². The summed E-state index contributed by atoms with van der Waals surface area (Å²) in [6.07, 6.45) is 2.60. The summed E-state index contributed by atoms with van der Waals surface area (Å²) in [4.78, 5) is 11.7. The molecule has 0 amide bonds. The highest BCUT2D eigenvalue weighted by molar-refractivity contribution is 9.10. The number of rotatable bonds is 4. The highest BCUT2D eigenvalue weighted by Gasteiger charge is 2.29. The zero-order chi connectivity index (χ0) is 15.5. The Hall–Kier alpha value is -0.920. The van der Waals surface area contributed by atoms with Gasteiger partial charge < -0.3 is 4.74 Å². The quantitative estimate of drug-likeness (QED) is 0.820. The second-order valence-electron chi connectivity index (χ2n) is 5.15. The van der Waals surface area contributed by atoms with E-state index in [1.807, 2.05) is 0 Å². The molecule has 0 saturated heterocycles. The summed E-state index contributed by atoms with van der Waals surface area (Å²) in [6.45, 7) is 0. The lowest BCUT2D eigenvalue weighted by Crippen LogP contribution is -2.38. The van der Waals surface area contributed by atoms with Crippen molar-refractivity contribution in [3.8, 4) is 0 Å². The maximum absolute atomic E-state index is 12.3. The van der Waals surface area contributed by atoms with E-state index < -0.39 is 10.0 Å². The standard InChI is InChI=1S/C14H18BrNO4S/c1-20-14(17)10-2-6-12(7-3-10)16-21(18,19)13-8-4-11(15)5-9-13/h4-5,8-10,12,16H,2-3,6-7H2,1H3/t10-,12+. The van der Waals surface area contributed by atoms with E-state index in [4.69, 9.17) is 4.74 Å². The fourth-order valence-electron chi connectivity index (χ4n) is 2.51. The number of benzene rings is 1. The lowest BCUT2D eigenvalue weighted by Gasteiger charge is -2.27. The van der Waals surface area contributed by atoms with Crippen molar-refractivity contribution in [2.24, 2.45) is 5.92 Å². The van der Waals surface area contributed by atoms with Gasteiger partial charge in [-0.2, -0.15) is 0 Å². The molecule has 2 rings (SSSR count). The zero-order valence-electron chi connectivity index (χ0n) is 11.7. The van der Waals surface area contributed by atoms with Crippen LogP contribution >= 0.6 is 15.9 Å². The predicted octanol–water partition coefficient (Wildman–Crippen LogP) is 2.46. The van der Waals surface area contributed by atoms with Gasteiger partial charge in [-0.15, -0.1) is 0 Å². The van der Waals surface area contributed by atoms with Crippen LogP contribution in [0.25, 0.3) is 0 Å². The van der Waals surface area contributed by atoms with Gasteiger partial charge in [-0.3, -0.25) is 4.79 Å². The van der Waals surface area contributed by atoms with Crippen molar-refractivity contribution in [1.82, 2.24) is 4.72 Å². The molecule has 0 heterocycles. The summed E-state index contributed by atoms with van der Waals surface area (Å²) < 4.78 is 32.8. The van der Waals surface area contributed by atoms with Crippen LogP contribution in [0.15, 0.2) is 33.6 Å². The Balaban J connectivity index is 1.96. The lowest BCUT2D eigenvalue weighted by atomic mass is 9.86. The highest BCUT2D eigenvalue weighted by atomic mass is 79.9. The van der Waals surface area contributed by atoms with Crippen LogP contribution in [-0.4, -0.2) is 27.5 Å². The molecule has 0 bridgehead atoms. The molecular weight excluding hydrogens is 358 g/mol. The maximum Gasteiger partial charge on any atom is 0.308 e.